The van der Waals surface area contributed by atoms with Crippen molar-refractivity contribution in [1.29, 1.82) is 0 Å². The summed E-state index contributed by atoms with van der Waals surface area (Å²) in [5.41, 5.74) is 6.83. The van der Waals surface area contributed by atoms with Crippen molar-refractivity contribution < 1.29 is 9.59 Å². The quantitative estimate of drug-likeness (QED) is 0.790. The number of nitrogens with one attached hydrogen (secondary N) is 2. The normalized spacial score (nSPS) is 13.5. The molecule has 1 aromatic carbocycles. The molecule has 20 heavy (non-hydrogen) atoms. The Kier molecular flexibility index (Phi) is 5.00. The summed E-state index contributed by atoms with van der Waals surface area (Å²) in [7, 11) is 0. The third-order valence-electron chi connectivity index (χ3n) is 3.38. The fourth-order valence-electron chi connectivity index (χ4n) is 2.14. The number of anilines is 1. The molecule has 2 rings (SSSR count). The van der Waals surface area contributed by atoms with E-state index < -0.39 is 11.4 Å². The van der Waals surface area contributed by atoms with Gasteiger partial charge in [0.05, 0.1) is 0 Å². The van der Waals surface area contributed by atoms with Gasteiger partial charge >= 0.3 is 0 Å². The highest BCUT2D eigenvalue weighted by atomic mass is 35.5. The highest BCUT2D eigenvalue weighted by Crippen LogP contribution is 2.25. The summed E-state index contributed by atoms with van der Waals surface area (Å²) < 4.78 is 0. The summed E-state index contributed by atoms with van der Waals surface area (Å²) in [4.78, 5) is 23.6. The van der Waals surface area contributed by atoms with Crippen LogP contribution in [0.15, 0.2) is 18.2 Å². The number of benzene rings is 1. The molecule has 0 radical (unpaired) electrons. The lowest BCUT2D eigenvalue weighted by atomic mass is 9.96. The van der Waals surface area contributed by atoms with E-state index in [1.807, 2.05) is 12.1 Å². The van der Waals surface area contributed by atoms with Crippen LogP contribution < -0.4 is 16.4 Å². The highest BCUT2D eigenvalue weighted by molar-refractivity contribution is 6.00. The number of carbonyl (C=O) groups is 2. The van der Waals surface area contributed by atoms with Crippen molar-refractivity contribution in [1.82, 2.24) is 5.32 Å². The second kappa shape index (κ2) is 6.13. The van der Waals surface area contributed by atoms with Crippen LogP contribution in [0.4, 0.5) is 5.69 Å². The van der Waals surface area contributed by atoms with E-state index in [0.717, 1.165) is 30.6 Å². The SMILES string of the molecule is CC(C)(NC(=O)c1cccc2c1CCCN2)C(N)=O.Cl. The fourth-order valence-corrected chi connectivity index (χ4v) is 2.14. The van der Waals surface area contributed by atoms with E-state index in [1.54, 1.807) is 19.9 Å². The summed E-state index contributed by atoms with van der Waals surface area (Å²) >= 11 is 0. The maximum Gasteiger partial charge on any atom is 0.252 e. The van der Waals surface area contributed by atoms with Crippen LogP contribution in [0.1, 0.15) is 36.2 Å². The molecule has 6 heteroatoms. The minimum absolute atomic E-state index is 0. The van der Waals surface area contributed by atoms with Gasteiger partial charge in [-0.25, -0.2) is 0 Å². The molecule has 110 valence electrons. The van der Waals surface area contributed by atoms with E-state index in [1.165, 1.54) is 0 Å². The molecule has 0 saturated heterocycles. The van der Waals surface area contributed by atoms with Gasteiger partial charge in [-0.15, -0.1) is 12.4 Å². The summed E-state index contributed by atoms with van der Waals surface area (Å²) in [5.74, 6) is -0.812. The first kappa shape index (κ1) is 16.3. The zero-order valence-electron chi connectivity index (χ0n) is 11.7. The molecule has 0 bridgehead atoms. The van der Waals surface area contributed by atoms with Crippen LogP contribution in [-0.2, 0) is 11.2 Å². The number of fused-ring (bicyclic) bond motifs is 1. The molecule has 2 amide bonds. The molecular weight excluding hydrogens is 278 g/mol. The molecule has 1 heterocycles. The van der Waals surface area contributed by atoms with E-state index in [-0.39, 0.29) is 18.3 Å². The molecule has 0 saturated carbocycles. The van der Waals surface area contributed by atoms with Crippen molar-refractivity contribution in [3.8, 4) is 0 Å². The lowest BCUT2D eigenvalue weighted by Crippen LogP contribution is -2.53. The van der Waals surface area contributed by atoms with E-state index >= 15 is 0 Å². The van der Waals surface area contributed by atoms with Crippen molar-refractivity contribution in [3.63, 3.8) is 0 Å². The average molecular weight is 298 g/mol. The molecule has 5 nitrogen and oxygen atoms in total. The molecule has 0 unspecified atom stereocenters. The summed E-state index contributed by atoms with van der Waals surface area (Å²) in [6.45, 7) is 4.12. The largest absolute Gasteiger partial charge is 0.385 e. The van der Waals surface area contributed by atoms with Gasteiger partial charge in [-0.1, -0.05) is 6.07 Å². The molecule has 0 atom stereocenters. The molecule has 1 aliphatic rings. The van der Waals surface area contributed by atoms with E-state index in [0.29, 0.717) is 5.56 Å². The minimum atomic E-state index is -1.05. The lowest BCUT2D eigenvalue weighted by Gasteiger charge is -2.25. The standard InChI is InChI=1S/C14H19N3O2.ClH/c1-14(2,13(15)19)17-12(18)10-5-3-7-11-9(10)6-4-8-16-11;/h3,5,7,16H,4,6,8H2,1-2H3,(H2,15,19)(H,17,18);1H. The Bertz CT molecular complexity index is 529. The molecule has 0 aromatic heterocycles. The first-order valence-electron chi connectivity index (χ1n) is 6.40. The Balaban J connectivity index is 0.00000200. The van der Waals surface area contributed by atoms with Gasteiger partial charge in [0.1, 0.15) is 5.54 Å². The maximum atomic E-state index is 12.3. The maximum absolute atomic E-state index is 12.3. The van der Waals surface area contributed by atoms with Crippen molar-refractivity contribution in [2.45, 2.75) is 32.2 Å². The van der Waals surface area contributed by atoms with Crippen molar-refractivity contribution >= 4 is 29.9 Å². The van der Waals surface area contributed by atoms with E-state index in [4.69, 9.17) is 5.73 Å². The van der Waals surface area contributed by atoms with Crippen LogP contribution in [0.5, 0.6) is 0 Å². The summed E-state index contributed by atoms with van der Waals surface area (Å²) in [6, 6.07) is 5.58. The predicted octanol–water partition coefficient (Wildman–Crippen LogP) is 1.46. The Morgan fingerprint density at radius 3 is 2.70 bits per heavy atom. The third-order valence-corrected chi connectivity index (χ3v) is 3.38. The molecule has 0 fully saturated rings. The number of nitrogens with two attached hydrogens (primary N) is 1. The second-order valence-corrected chi connectivity index (χ2v) is 5.31. The van der Waals surface area contributed by atoms with Gasteiger partial charge in [-0.3, -0.25) is 9.59 Å². The molecule has 4 N–H and O–H groups in total. The number of primary amides is 1. The van der Waals surface area contributed by atoms with Gasteiger partial charge in [-0.2, -0.15) is 0 Å². The lowest BCUT2D eigenvalue weighted by molar-refractivity contribution is -0.122. The first-order valence-corrected chi connectivity index (χ1v) is 6.40. The monoisotopic (exact) mass is 297 g/mol. The fraction of sp³-hybridized carbons (Fsp3) is 0.429. The van der Waals surface area contributed by atoms with E-state index in [2.05, 4.69) is 10.6 Å². The van der Waals surface area contributed by atoms with E-state index in [9.17, 15) is 9.59 Å². The number of rotatable bonds is 3. The summed E-state index contributed by atoms with van der Waals surface area (Å²) in [6.07, 6.45) is 1.86. The van der Waals surface area contributed by atoms with Gasteiger partial charge in [0.2, 0.25) is 5.91 Å². The van der Waals surface area contributed by atoms with Crippen LogP contribution in [-0.4, -0.2) is 23.9 Å². The zero-order valence-corrected chi connectivity index (χ0v) is 12.5. The Morgan fingerprint density at radius 2 is 2.05 bits per heavy atom. The number of hydrogen-bond acceptors (Lipinski definition) is 3. The molecule has 0 aliphatic carbocycles. The highest BCUT2D eigenvalue weighted by Gasteiger charge is 2.28. The Hall–Kier alpha value is -1.75. The van der Waals surface area contributed by atoms with Gasteiger partial charge in [0.15, 0.2) is 0 Å². The Labute approximate surface area is 124 Å². The topological polar surface area (TPSA) is 84.2 Å². The van der Waals surface area contributed by atoms with Gasteiger partial charge in [0, 0.05) is 17.8 Å². The second-order valence-electron chi connectivity index (χ2n) is 5.31. The summed E-state index contributed by atoms with van der Waals surface area (Å²) in [5, 5.41) is 5.95. The van der Waals surface area contributed by atoms with Crippen LogP contribution in [0.3, 0.4) is 0 Å². The van der Waals surface area contributed by atoms with Gasteiger partial charge in [0.25, 0.3) is 5.91 Å². The number of amides is 2. The average Bonchev–Trinajstić information content (AvgIpc) is 2.37. The van der Waals surface area contributed by atoms with Crippen molar-refractivity contribution in [2.24, 2.45) is 5.73 Å². The number of hydrogen-bond donors (Lipinski definition) is 3. The smallest absolute Gasteiger partial charge is 0.252 e. The van der Waals surface area contributed by atoms with Crippen molar-refractivity contribution in [2.75, 3.05) is 11.9 Å². The van der Waals surface area contributed by atoms with Crippen LogP contribution in [0, 0.1) is 0 Å². The van der Waals surface area contributed by atoms with Crippen molar-refractivity contribution in [3.05, 3.63) is 29.3 Å². The molecule has 0 spiro atoms. The molecule has 1 aliphatic heterocycles. The first-order chi connectivity index (χ1) is 8.92. The van der Waals surface area contributed by atoms with Gasteiger partial charge in [-0.05, 0) is 44.4 Å². The van der Waals surface area contributed by atoms with Gasteiger partial charge < -0.3 is 16.4 Å². The number of carbonyl (C=O) groups excluding carboxylic acids is 2. The van der Waals surface area contributed by atoms with Crippen LogP contribution in [0.25, 0.3) is 0 Å². The molecule has 1 aromatic rings. The Morgan fingerprint density at radius 1 is 1.35 bits per heavy atom. The predicted molar refractivity (Wildman–Crippen MR) is 81.2 cm³/mol. The van der Waals surface area contributed by atoms with Crippen LogP contribution >= 0.6 is 12.4 Å². The molecular formula is C14H20ClN3O2. The minimum Gasteiger partial charge on any atom is -0.385 e. The third kappa shape index (κ3) is 3.22. The zero-order chi connectivity index (χ0) is 14.0. The van der Waals surface area contributed by atoms with Crippen LogP contribution in [0.2, 0.25) is 0 Å². The number of halogens is 1.